The van der Waals surface area contributed by atoms with Gasteiger partial charge in [-0.2, -0.15) is 0 Å². The molecule has 0 aliphatic rings. The second-order valence-corrected chi connectivity index (χ2v) is 5.67. The van der Waals surface area contributed by atoms with Crippen molar-refractivity contribution in [2.45, 2.75) is 32.8 Å². The van der Waals surface area contributed by atoms with Gasteiger partial charge in [0.15, 0.2) is 0 Å². The van der Waals surface area contributed by atoms with Gasteiger partial charge >= 0.3 is 5.97 Å². The molecule has 0 amide bonds. The standard InChI is InChI=1S/C16H18O4/c1-16(2,3)12-5-4-6-13(8-12)20-10-14-7-11(9-19-14)15(17)18/h4-9H,10H2,1-3H3,(H,17,18). The van der Waals surface area contributed by atoms with Crippen LogP contribution < -0.4 is 4.74 Å². The Morgan fingerprint density at radius 1 is 1.30 bits per heavy atom. The summed E-state index contributed by atoms with van der Waals surface area (Å²) in [5.74, 6) is 0.226. The third kappa shape index (κ3) is 3.41. The van der Waals surface area contributed by atoms with Gasteiger partial charge in [-0.3, -0.25) is 0 Å². The van der Waals surface area contributed by atoms with Gasteiger partial charge in [-0.15, -0.1) is 0 Å². The lowest BCUT2D eigenvalue weighted by Gasteiger charge is -2.19. The Labute approximate surface area is 118 Å². The molecule has 0 bridgehead atoms. The summed E-state index contributed by atoms with van der Waals surface area (Å²) in [5.41, 5.74) is 1.37. The largest absolute Gasteiger partial charge is 0.486 e. The molecule has 0 saturated carbocycles. The minimum absolute atomic E-state index is 0.0561. The molecule has 1 heterocycles. The molecule has 0 aliphatic carbocycles. The summed E-state index contributed by atoms with van der Waals surface area (Å²) in [6, 6.07) is 9.33. The number of carboxylic acid groups (broad SMARTS) is 1. The molecule has 0 aliphatic heterocycles. The van der Waals surface area contributed by atoms with Crippen molar-refractivity contribution in [2.75, 3.05) is 0 Å². The quantitative estimate of drug-likeness (QED) is 0.919. The van der Waals surface area contributed by atoms with E-state index in [-0.39, 0.29) is 17.6 Å². The lowest BCUT2D eigenvalue weighted by atomic mass is 9.87. The first kappa shape index (κ1) is 14.2. The van der Waals surface area contributed by atoms with E-state index in [1.54, 1.807) is 0 Å². The molecule has 0 radical (unpaired) electrons. The SMILES string of the molecule is CC(C)(C)c1cccc(OCc2cc(C(=O)O)co2)c1. The van der Waals surface area contributed by atoms with Gasteiger partial charge in [0.2, 0.25) is 0 Å². The maximum absolute atomic E-state index is 10.7. The van der Waals surface area contributed by atoms with Gasteiger partial charge in [-0.1, -0.05) is 32.9 Å². The van der Waals surface area contributed by atoms with E-state index in [1.807, 2.05) is 18.2 Å². The third-order valence-electron chi connectivity index (χ3n) is 2.98. The van der Waals surface area contributed by atoms with Crippen LogP contribution in [0.2, 0.25) is 0 Å². The fourth-order valence-electron chi connectivity index (χ4n) is 1.78. The Kier molecular flexibility index (Phi) is 3.84. The molecular weight excluding hydrogens is 256 g/mol. The van der Waals surface area contributed by atoms with Crippen LogP contribution in [-0.4, -0.2) is 11.1 Å². The van der Waals surface area contributed by atoms with Crippen molar-refractivity contribution in [1.29, 1.82) is 0 Å². The maximum Gasteiger partial charge on any atom is 0.338 e. The first-order valence-corrected chi connectivity index (χ1v) is 6.40. The fraction of sp³-hybridized carbons (Fsp3) is 0.312. The highest BCUT2D eigenvalue weighted by atomic mass is 16.5. The van der Waals surface area contributed by atoms with Gasteiger partial charge in [0, 0.05) is 0 Å². The van der Waals surface area contributed by atoms with Crippen molar-refractivity contribution < 1.29 is 19.1 Å². The fourth-order valence-corrected chi connectivity index (χ4v) is 1.78. The van der Waals surface area contributed by atoms with E-state index in [2.05, 4.69) is 26.8 Å². The first-order valence-electron chi connectivity index (χ1n) is 6.40. The number of rotatable bonds is 4. The number of hydrogen-bond donors (Lipinski definition) is 1. The van der Waals surface area contributed by atoms with Crippen molar-refractivity contribution in [3.8, 4) is 5.75 Å². The molecule has 2 aromatic rings. The Hall–Kier alpha value is -2.23. The van der Waals surface area contributed by atoms with Crippen molar-refractivity contribution >= 4 is 5.97 Å². The minimum Gasteiger partial charge on any atom is -0.486 e. The zero-order valence-corrected chi connectivity index (χ0v) is 11.8. The van der Waals surface area contributed by atoms with Crippen molar-refractivity contribution in [3.63, 3.8) is 0 Å². The summed E-state index contributed by atoms with van der Waals surface area (Å²) in [6.45, 7) is 6.62. The summed E-state index contributed by atoms with van der Waals surface area (Å²) < 4.78 is 10.8. The van der Waals surface area contributed by atoms with Crippen LogP contribution in [0.15, 0.2) is 41.0 Å². The number of carboxylic acids is 1. The van der Waals surface area contributed by atoms with Crippen LogP contribution in [0.3, 0.4) is 0 Å². The molecule has 4 nitrogen and oxygen atoms in total. The number of hydrogen-bond acceptors (Lipinski definition) is 3. The normalized spacial score (nSPS) is 11.3. The van der Waals surface area contributed by atoms with Crippen LogP contribution in [0.1, 0.15) is 42.5 Å². The molecule has 0 saturated heterocycles. The van der Waals surface area contributed by atoms with Gasteiger partial charge < -0.3 is 14.3 Å². The monoisotopic (exact) mass is 274 g/mol. The predicted molar refractivity (Wildman–Crippen MR) is 75.1 cm³/mol. The van der Waals surface area contributed by atoms with Crippen molar-refractivity contribution in [3.05, 3.63) is 53.5 Å². The first-order chi connectivity index (χ1) is 9.36. The number of ether oxygens (including phenoxy) is 1. The predicted octanol–water partition coefficient (Wildman–Crippen LogP) is 3.85. The molecule has 0 unspecified atom stereocenters. The lowest BCUT2D eigenvalue weighted by molar-refractivity contribution is 0.0696. The van der Waals surface area contributed by atoms with E-state index in [1.165, 1.54) is 17.9 Å². The molecule has 20 heavy (non-hydrogen) atoms. The smallest absolute Gasteiger partial charge is 0.338 e. The topological polar surface area (TPSA) is 59.7 Å². The van der Waals surface area contributed by atoms with Gasteiger partial charge in [0.05, 0.1) is 5.56 Å². The van der Waals surface area contributed by atoms with Crippen LogP contribution >= 0.6 is 0 Å². The number of carbonyl (C=O) groups is 1. The van der Waals surface area contributed by atoms with E-state index in [0.717, 1.165) is 5.75 Å². The van der Waals surface area contributed by atoms with E-state index in [4.69, 9.17) is 14.3 Å². The van der Waals surface area contributed by atoms with E-state index < -0.39 is 5.97 Å². The molecule has 4 heteroatoms. The van der Waals surface area contributed by atoms with Gasteiger partial charge in [0.25, 0.3) is 0 Å². The van der Waals surface area contributed by atoms with E-state index >= 15 is 0 Å². The molecule has 1 N–H and O–H groups in total. The second kappa shape index (κ2) is 5.41. The second-order valence-electron chi connectivity index (χ2n) is 5.67. The van der Waals surface area contributed by atoms with Crippen molar-refractivity contribution in [1.82, 2.24) is 0 Å². The van der Waals surface area contributed by atoms with Crippen LogP contribution in [0.25, 0.3) is 0 Å². The molecule has 2 rings (SSSR count). The average Bonchev–Trinajstić information content (AvgIpc) is 2.85. The Morgan fingerprint density at radius 2 is 2.05 bits per heavy atom. The highest BCUT2D eigenvalue weighted by molar-refractivity contribution is 5.87. The highest BCUT2D eigenvalue weighted by Crippen LogP contribution is 2.26. The molecule has 0 fully saturated rings. The highest BCUT2D eigenvalue weighted by Gasteiger charge is 2.14. The molecule has 0 spiro atoms. The molecular formula is C16H18O4. The molecule has 1 aromatic heterocycles. The minimum atomic E-state index is -1.00. The van der Waals surface area contributed by atoms with Gasteiger partial charge in [-0.05, 0) is 29.2 Å². The zero-order valence-electron chi connectivity index (χ0n) is 11.8. The van der Waals surface area contributed by atoms with Crippen LogP contribution in [0.4, 0.5) is 0 Å². The zero-order chi connectivity index (χ0) is 14.8. The average molecular weight is 274 g/mol. The Bertz CT molecular complexity index is 605. The summed E-state index contributed by atoms with van der Waals surface area (Å²) in [4.78, 5) is 10.7. The summed E-state index contributed by atoms with van der Waals surface area (Å²) in [5, 5.41) is 8.81. The molecule has 106 valence electrons. The van der Waals surface area contributed by atoms with Gasteiger partial charge in [-0.25, -0.2) is 4.79 Å². The molecule has 1 aromatic carbocycles. The Morgan fingerprint density at radius 3 is 2.65 bits per heavy atom. The number of benzene rings is 1. The van der Waals surface area contributed by atoms with Gasteiger partial charge in [0.1, 0.15) is 24.4 Å². The summed E-state index contributed by atoms with van der Waals surface area (Å²) >= 11 is 0. The van der Waals surface area contributed by atoms with Crippen LogP contribution in [-0.2, 0) is 12.0 Å². The van der Waals surface area contributed by atoms with E-state index in [9.17, 15) is 4.79 Å². The summed E-state index contributed by atoms with van der Waals surface area (Å²) in [6.07, 6.45) is 1.21. The van der Waals surface area contributed by atoms with Crippen LogP contribution in [0, 0.1) is 0 Å². The van der Waals surface area contributed by atoms with Crippen molar-refractivity contribution in [2.24, 2.45) is 0 Å². The van der Waals surface area contributed by atoms with E-state index in [0.29, 0.717) is 5.76 Å². The molecule has 0 atom stereocenters. The maximum atomic E-state index is 10.7. The van der Waals surface area contributed by atoms with Crippen LogP contribution in [0.5, 0.6) is 5.75 Å². The third-order valence-corrected chi connectivity index (χ3v) is 2.98. The Balaban J connectivity index is 2.05. The number of furan rings is 1. The summed E-state index contributed by atoms with van der Waals surface area (Å²) in [7, 11) is 0. The lowest BCUT2D eigenvalue weighted by Crippen LogP contribution is -2.10. The number of aromatic carboxylic acids is 1.